The maximum absolute atomic E-state index is 12.6. The summed E-state index contributed by atoms with van der Waals surface area (Å²) >= 11 is 0. The molecule has 0 rings (SSSR count). The summed E-state index contributed by atoms with van der Waals surface area (Å²) in [4.78, 5) is 21.2. The largest absolute Gasteiger partial charge is 0.489 e. The van der Waals surface area contributed by atoms with E-state index in [4.69, 9.17) is 0 Å². The fraction of sp³-hybridized carbons (Fsp3) is 0.412. The van der Waals surface area contributed by atoms with Crippen molar-refractivity contribution < 1.29 is 71.7 Å². The Morgan fingerprint density at radius 3 is 1.52 bits per heavy atom. The van der Waals surface area contributed by atoms with Gasteiger partial charge in [-0.3, -0.25) is 9.59 Å². The molecule has 0 heterocycles. The molecule has 0 radical (unpaired) electrons. The number of halogens is 12. The maximum Gasteiger partial charge on any atom is 0.454 e. The highest BCUT2D eigenvalue weighted by molar-refractivity contribution is 5.95. The lowest BCUT2D eigenvalue weighted by Gasteiger charge is -2.13. The summed E-state index contributed by atoms with van der Waals surface area (Å²) in [6, 6.07) is 0. The van der Waals surface area contributed by atoms with E-state index in [1.54, 1.807) is 0 Å². The molecule has 0 unspecified atom stereocenters. The average molecular weight is 508 g/mol. The Morgan fingerprint density at radius 2 is 1.09 bits per heavy atom. The second-order valence-corrected chi connectivity index (χ2v) is 5.60. The van der Waals surface area contributed by atoms with Crippen LogP contribution in [-0.4, -0.2) is 42.9 Å². The molecular formula is C17H12F12O4. The predicted molar refractivity (Wildman–Crippen MR) is 85.0 cm³/mol. The van der Waals surface area contributed by atoms with Gasteiger partial charge in [0, 0.05) is 12.2 Å². The molecule has 0 aliphatic heterocycles. The van der Waals surface area contributed by atoms with Crippen LogP contribution in [0.1, 0.15) is 12.8 Å². The van der Waals surface area contributed by atoms with Gasteiger partial charge in [-0.2, -0.15) is 52.7 Å². The molecule has 0 aliphatic carbocycles. The Hall–Kier alpha value is -2.94. The molecule has 4 nitrogen and oxygen atoms in total. The molecule has 16 heteroatoms. The van der Waals surface area contributed by atoms with E-state index in [-0.39, 0.29) is 19.1 Å². The predicted octanol–water partition coefficient (Wildman–Crippen LogP) is 6.02. The average Bonchev–Trinajstić information content (AvgIpc) is 2.60. The number of carbonyl (C=O) groups excluding carboxylic acids is 2. The Morgan fingerprint density at radius 1 is 0.636 bits per heavy atom. The van der Waals surface area contributed by atoms with Gasteiger partial charge in [-0.05, 0) is 18.9 Å². The number of alkyl halides is 12. The minimum atomic E-state index is -5.56. The highest BCUT2D eigenvalue weighted by atomic mass is 19.4. The minimum Gasteiger partial charge on any atom is -0.489 e. The first-order valence-corrected chi connectivity index (χ1v) is 8.17. The number of carbonyl (C=O) groups is 2. The molecule has 0 N–H and O–H groups in total. The monoisotopic (exact) mass is 508 g/mol. The molecule has 0 aromatic rings. The molecule has 0 aliphatic rings. The standard InChI is InChI=1S/C17H12F12O4/c18-14(19,20)10(30)8-12(16(24,25)26)32-6-4-2-1-3-5-7-33-13(17(27,28)29)9-11(31)15(21,22)23/h1-2,4,6,8-9H,3,5,7H2/b2-1+,6-4+,12-8-,13-9-. The van der Waals surface area contributed by atoms with E-state index in [0.717, 1.165) is 18.2 Å². The van der Waals surface area contributed by atoms with E-state index >= 15 is 0 Å². The number of unbranched alkanes of at least 4 members (excludes halogenated alkanes) is 1. The smallest absolute Gasteiger partial charge is 0.454 e. The van der Waals surface area contributed by atoms with Gasteiger partial charge in [0.1, 0.15) is 0 Å². The first-order chi connectivity index (χ1) is 14.8. The van der Waals surface area contributed by atoms with Crippen molar-refractivity contribution in [1.29, 1.82) is 0 Å². The molecule has 0 atom stereocenters. The summed E-state index contributed by atoms with van der Waals surface area (Å²) in [5, 5.41) is 0. The molecular weight excluding hydrogens is 496 g/mol. The van der Waals surface area contributed by atoms with Crippen LogP contribution in [0.2, 0.25) is 0 Å². The summed E-state index contributed by atoms with van der Waals surface area (Å²) in [5.41, 5.74) is 0. The fourth-order valence-electron chi connectivity index (χ4n) is 1.51. The van der Waals surface area contributed by atoms with Crippen molar-refractivity contribution in [1.82, 2.24) is 0 Å². The molecule has 0 saturated carbocycles. The molecule has 0 fully saturated rings. The number of rotatable bonds is 10. The maximum atomic E-state index is 12.6. The molecule has 0 aromatic carbocycles. The van der Waals surface area contributed by atoms with Crippen LogP contribution >= 0.6 is 0 Å². The van der Waals surface area contributed by atoms with Crippen LogP contribution in [0.15, 0.2) is 48.2 Å². The molecule has 33 heavy (non-hydrogen) atoms. The molecule has 0 bridgehead atoms. The van der Waals surface area contributed by atoms with Crippen molar-refractivity contribution in [3.8, 4) is 0 Å². The van der Waals surface area contributed by atoms with Crippen LogP contribution in [0, 0.1) is 0 Å². The second-order valence-electron chi connectivity index (χ2n) is 5.60. The Balaban J connectivity index is 4.77. The van der Waals surface area contributed by atoms with Gasteiger partial charge in [0.2, 0.25) is 11.5 Å². The first-order valence-electron chi connectivity index (χ1n) is 8.17. The van der Waals surface area contributed by atoms with Crippen LogP contribution in [0.4, 0.5) is 52.7 Å². The number of hydrogen-bond acceptors (Lipinski definition) is 4. The Labute approximate surface area is 176 Å². The van der Waals surface area contributed by atoms with Gasteiger partial charge >= 0.3 is 24.7 Å². The summed E-state index contributed by atoms with van der Waals surface area (Å²) in [6.45, 7) is -0.790. The van der Waals surface area contributed by atoms with Crippen molar-refractivity contribution >= 4 is 11.6 Å². The van der Waals surface area contributed by atoms with Crippen LogP contribution < -0.4 is 0 Å². The lowest BCUT2D eigenvalue weighted by Crippen LogP contribution is -2.24. The topological polar surface area (TPSA) is 52.6 Å². The fourth-order valence-corrected chi connectivity index (χ4v) is 1.51. The Bertz CT molecular complexity index is 793. The number of ether oxygens (including phenoxy) is 2. The zero-order valence-corrected chi connectivity index (χ0v) is 15.8. The van der Waals surface area contributed by atoms with Crippen LogP contribution in [0.3, 0.4) is 0 Å². The van der Waals surface area contributed by atoms with E-state index in [2.05, 4.69) is 9.47 Å². The summed E-state index contributed by atoms with van der Waals surface area (Å²) in [6.07, 6.45) is -20.7. The minimum absolute atomic E-state index is 0.114. The quantitative estimate of drug-likeness (QED) is 0.119. The SMILES string of the molecule is O=C(/C=C(\O/C=C/C=C/CCCO/C(=C\C(=O)C(F)(F)F)C(F)(F)F)C(F)(F)F)C(F)(F)F. The normalized spacial score (nSPS) is 14.8. The van der Waals surface area contributed by atoms with Gasteiger partial charge in [-0.25, -0.2) is 0 Å². The van der Waals surface area contributed by atoms with Gasteiger partial charge in [0.25, 0.3) is 11.6 Å². The zero-order chi connectivity index (χ0) is 26.1. The van der Waals surface area contributed by atoms with E-state index in [1.807, 2.05) is 0 Å². The summed E-state index contributed by atoms with van der Waals surface area (Å²) in [5.74, 6) is -10.0. The van der Waals surface area contributed by atoms with E-state index in [9.17, 15) is 62.3 Å². The third-order valence-corrected chi connectivity index (χ3v) is 2.94. The van der Waals surface area contributed by atoms with E-state index < -0.39 is 66.5 Å². The van der Waals surface area contributed by atoms with Crippen LogP contribution in [-0.2, 0) is 19.1 Å². The van der Waals surface area contributed by atoms with Gasteiger partial charge in [0.05, 0.1) is 12.9 Å². The van der Waals surface area contributed by atoms with Crippen LogP contribution in [0.25, 0.3) is 0 Å². The zero-order valence-electron chi connectivity index (χ0n) is 15.8. The van der Waals surface area contributed by atoms with Gasteiger partial charge in [-0.15, -0.1) is 0 Å². The summed E-state index contributed by atoms with van der Waals surface area (Å²) < 4.78 is 156. The third-order valence-electron chi connectivity index (χ3n) is 2.94. The number of allylic oxidation sites excluding steroid dienone is 7. The van der Waals surface area contributed by atoms with Crippen molar-refractivity contribution in [2.24, 2.45) is 0 Å². The number of hydrogen-bond donors (Lipinski definition) is 0. The number of ketones is 2. The molecule has 0 saturated heterocycles. The van der Waals surface area contributed by atoms with Gasteiger partial charge in [0.15, 0.2) is 0 Å². The van der Waals surface area contributed by atoms with E-state index in [1.165, 1.54) is 0 Å². The molecule has 0 amide bonds. The van der Waals surface area contributed by atoms with Crippen molar-refractivity contribution in [3.63, 3.8) is 0 Å². The molecule has 188 valence electrons. The third kappa shape index (κ3) is 12.6. The Kier molecular flexibility index (Phi) is 10.7. The van der Waals surface area contributed by atoms with Crippen LogP contribution in [0.5, 0.6) is 0 Å². The van der Waals surface area contributed by atoms with Gasteiger partial charge in [-0.1, -0.05) is 12.2 Å². The lowest BCUT2D eigenvalue weighted by molar-refractivity contribution is -0.167. The van der Waals surface area contributed by atoms with Gasteiger partial charge < -0.3 is 9.47 Å². The first kappa shape index (κ1) is 30.1. The van der Waals surface area contributed by atoms with Crippen molar-refractivity contribution in [2.75, 3.05) is 6.61 Å². The lowest BCUT2D eigenvalue weighted by atomic mass is 10.3. The molecule has 0 aromatic heterocycles. The second kappa shape index (κ2) is 11.8. The molecule has 0 spiro atoms. The van der Waals surface area contributed by atoms with Crippen molar-refractivity contribution in [2.45, 2.75) is 37.5 Å². The van der Waals surface area contributed by atoms with E-state index in [0.29, 0.717) is 0 Å². The highest BCUT2D eigenvalue weighted by Crippen LogP contribution is 2.30. The highest BCUT2D eigenvalue weighted by Gasteiger charge is 2.43. The summed E-state index contributed by atoms with van der Waals surface area (Å²) in [7, 11) is 0. The van der Waals surface area contributed by atoms with Crippen molar-refractivity contribution in [3.05, 3.63) is 48.2 Å².